The number of nitrogens with zero attached hydrogens (tertiary/aromatic N) is 2. The highest BCUT2D eigenvalue weighted by Gasteiger charge is 2.31. The average Bonchev–Trinajstić information content (AvgIpc) is 2.73. The van der Waals surface area contributed by atoms with Crippen molar-refractivity contribution in [3.05, 3.63) is 94.0 Å². The molecule has 0 saturated heterocycles. The third kappa shape index (κ3) is 4.60. The van der Waals surface area contributed by atoms with Gasteiger partial charge in [0.2, 0.25) is 0 Å². The molecule has 0 bridgehead atoms. The van der Waals surface area contributed by atoms with Crippen molar-refractivity contribution < 1.29 is 18.1 Å². The Morgan fingerprint density at radius 3 is 2.27 bits per heavy atom. The summed E-state index contributed by atoms with van der Waals surface area (Å²) in [6.07, 6.45) is 0. The second kappa shape index (κ2) is 8.96. The number of sulfonamides is 1. The lowest BCUT2D eigenvalue weighted by molar-refractivity contribution is -0.384. The zero-order valence-electron chi connectivity index (χ0n) is 16.7. The zero-order chi connectivity index (χ0) is 21.7. The number of ether oxygens (including phenoxy) is 1. The van der Waals surface area contributed by atoms with Crippen molar-refractivity contribution in [2.24, 2.45) is 0 Å². The van der Waals surface area contributed by atoms with Gasteiger partial charge in [0.1, 0.15) is 11.4 Å². The van der Waals surface area contributed by atoms with Gasteiger partial charge >= 0.3 is 0 Å². The Morgan fingerprint density at radius 2 is 1.67 bits per heavy atom. The van der Waals surface area contributed by atoms with Crippen LogP contribution in [0.5, 0.6) is 5.75 Å². The summed E-state index contributed by atoms with van der Waals surface area (Å²) < 4.78 is 33.4. The standard InChI is InChI=1S/C22H22N2O5S/c1-3-29-19-11-14-21(22(15-19)24(25)26)23(16-18-7-5-4-6-8-18)30(27,28)20-12-9-17(2)10-13-20/h4-15H,3,16H2,1-2H3. The fraction of sp³-hybridized carbons (Fsp3) is 0.182. The topological polar surface area (TPSA) is 89.8 Å². The monoisotopic (exact) mass is 426 g/mol. The van der Waals surface area contributed by atoms with Crippen LogP contribution in [-0.2, 0) is 16.6 Å². The lowest BCUT2D eigenvalue weighted by Gasteiger charge is -2.25. The smallest absolute Gasteiger partial charge is 0.297 e. The number of nitro benzene ring substituents is 1. The molecule has 0 spiro atoms. The first-order valence-corrected chi connectivity index (χ1v) is 10.8. The first-order chi connectivity index (χ1) is 14.3. The maximum absolute atomic E-state index is 13.5. The maximum atomic E-state index is 13.5. The van der Waals surface area contributed by atoms with Crippen LogP contribution >= 0.6 is 0 Å². The quantitative estimate of drug-likeness (QED) is 0.385. The summed E-state index contributed by atoms with van der Waals surface area (Å²) in [5.41, 5.74) is 1.26. The van der Waals surface area contributed by atoms with E-state index in [0.29, 0.717) is 17.9 Å². The Morgan fingerprint density at radius 1 is 1.00 bits per heavy atom. The highest BCUT2D eigenvalue weighted by molar-refractivity contribution is 7.92. The van der Waals surface area contributed by atoms with Gasteiger partial charge in [-0.3, -0.25) is 14.4 Å². The van der Waals surface area contributed by atoms with Crippen LogP contribution in [0.2, 0.25) is 0 Å². The van der Waals surface area contributed by atoms with Gasteiger partial charge in [0.25, 0.3) is 15.7 Å². The molecule has 0 aromatic heterocycles. The van der Waals surface area contributed by atoms with Gasteiger partial charge in [0.05, 0.1) is 29.0 Å². The first-order valence-electron chi connectivity index (χ1n) is 9.37. The summed E-state index contributed by atoms with van der Waals surface area (Å²) in [5.74, 6) is 0.306. The van der Waals surface area contributed by atoms with Crippen molar-refractivity contribution in [1.82, 2.24) is 0 Å². The van der Waals surface area contributed by atoms with Gasteiger partial charge < -0.3 is 4.74 Å². The van der Waals surface area contributed by atoms with E-state index in [2.05, 4.69) is 0 Å². The molecule has 0 fully saturated rings. The van der Waals surface area contributed by atoms with E-state index in [9.17, 15) is 18.5 Å². The van der Waals surface area contributed by atoms with Crippen molar-refractivity contribution in [1.29, 1.82) is 0 Å². The molecule has 8 heteroatoms. The minimum Gasteiger partial charge on any atom is -0.494 e. The van der Waals surface area contributed by atoms with E-state index in [1.807, 2.05) is 13.0 Å². The van der Waals surface area contributed by atoms with Crippen molar-refractivity contribution in [3.63, 3.8) is 0 Å². The molecule has 3 aromatic rings. The van der Waals surface area contributed by atoms with E-state index < -0.39 is 14.9 Å². The second-order valence-electron chi connectivity index (χ2n) is 6.65. The van der Waals surface area contributed by atoms with E-state index >= 15 is 0 Å². The van der Waals surface area contributed by atoms with E-state index in [1.165, 1.54) is 30.3 Å². The minimum absolute atomic E-state index is 0.0205. The van der Waals surface area contributed by atoms with E-state index in [-0.39, 0.29) is 22.8 Å². The summed E-state index contributed by atoms with van der Waals surface area (Å²) >= 11 is 0. The first kappa shape index (κ1) is 21.3. The average molecular weight is 426 g/mol. The normalized spacial score (nSPS) is 11.1. The SMILES string of the molecule is CCOc1ccc(N(Cc2ccccc2)S(=O)(=O)c2ccc(C)cc2)c([N+](=O)[O-])c1. The fourth-order valence-electron chi connectivity index (χ4n) is 3.00. The molecule has 3 rings (SSSR count). The van der Waals surface area contributed by atoms with Gasteiger partial charge in [-0.1, -0.05) is 48.0 Å². The second-order valence-corrected chi connectivity index (χ2v) is 8.51. The predicted octanol–water partition coefficient (Wildman–Crippen LogP) is 4.70. The highest BCUT2D eigenvalue weighted by Crippen LogP contribution is 2.36. The van der Waals surface area contributed by atoms with Crippen molar-refractivity contribution in [2.75, 3.05) is 10.9 Å². The molecule has 0 atom stereocenters. The molecule has 30 heavy (non-hydrogen) atoms. The van der Waals surface area contributed by atoms with Crippen LogP contribution in [0.4, 0.5) is 11.4 Å². The number of anilines is 1. The predicted molar refractivity (Wildman–Crippen MR) is 115 cm³/mol. The molecule has 0 aliphatic rings. The molecule has 0 aliphatic carbocycles. The lowest BCUT2D eigenvalue weighted by Crippen LogP contribution is -2.31. The molecule has 0 saturated carbocycles. The Labute approximate surface area is 175 Å². The van der Waals surface area contributed by atoms with Gasteiger partial charge in [0, 0.05) is 0 Å². The number of hydrogen-bond donors (Lipinski definition) is 0. The third-order valence-corrected chi connectivity index (χ3v) is 6.28. The van der Waals surface area contributed by atoms with E-state index in [0.717, 1.165) is 9.87 Å². The zero-order valence-corrected chi connectivity index (χ0v) is 17.5. The molecule has 0 heterocycles. The number of aryl methyl sites for hydroxylation is 1. The molecule has 156 valence electrons. The van der Waals surface area contributed by atoms with Gasteiger partial charge in [-0.2, -0.15) is 0 Å². The summed E-state index contributed by atoms with van der Waals surface area (Å²) in [6, 6.07) is 19.6. The van der Waals surface area contributed by atoms with Gasteiger partial charge in [-0.05, 0) is 43.7 Å². The van der Waals surface area contributed by atoms with Gasteiger partial charge in [-0.15, -0.1) is 0 Å². The lowest BCUT2D eigenvalue weighted by atomic mass is 10.2. The third-order valence-electron chi connectivity index (χ3n) is 4.50. The molecule has 0 N–H and O–H groups in total. The van der Waals surface area contributed by atoms with Crippen molar-refractivity contribution in [2.45, 2.75) is 25.3 Å². The summed E-state index contributed by atoms with van der Waals surface area (Å²) in [6.45, 7) is 3.91. The number of benzene rings is 3. The Kier molecular flexibility index (Phi) is 6.37. The van der Waals surface area contributed by atoms with Gasteiger partial charge in [-0.25, -0.2) is 8.42 Å². The van der Waals surface area contributed by atoms with Crippen LogP contribution in [0.15, 0.2) is 77.7 Å². The summed E-state index contributed by atoms with van der Waals surface area (Å²) in [4.78, 5) is 11.2. The largest absolute Gasteiger partial charge is 0.494 e. The number of rotatable bonds is 8. The molecular formula is C22H22N2O5S. The maximum Gasteiger partial charge on any atom is 0.297 e. The molecule has 0 aliphatic heterocycles. The fourth-order valence-corrected chi connectivity index (χ4v) is 4.47. The summed E-state index contributed by atoms with van der Waals surface area (Å²) in [7, 11) is -4.06. The molecule has 3 aromatic carbocycles. The van der Waals surface area contributed by atoms with Crippen LogP contribution in [-0.4, -0.2) is 19.9 Å². The van der Waals surface area contributed by atoms with Crippen LogP contribution < -0.4 is 9.04 Å². The van der Waals surface area contributed by atoms with E-state index in [1.54, 1.807) is 43.3 Å². The van der Waals surface area contributed by atoms with Gasteiger partial charge in [0.15, 0.2) is 0 Å². The molecular weight excluding hydrogens is 404 g/mol. The van der Waals surface area contributed by atoms with Crippen LogP contribution in [0.25, 0.3) is 0 Å². The summed E-state index contributed by atoms with van der Waals surface area (Å²) in [5, 5.41) is 11.8. The number of nitro groups is 1. The van der Waals surface area contributed by atoms with E-state index in [4.69, 9.17) is 4.74 Å². The Hall–Kier alpha value is -3.39. The van der Waals surface area contributed by atoms with Crippen LogP contribution in [0.3, 0.4) is 0 Å². The molecule has 0 unspecified atom stereocenters. The molecule has 0 radical (unpaired) electrons. The Balaban J connectivity index is 2.17. The highest BCUT2D eigenvalue weighted by atomic mass is 32.2. The minimum atomic E-state index is -4.06. The van der Waals surface area contributed by atoms with Crippen LogP contribution in [0, 0.1) is 17.0 Å². The molecule has 7 nitrogen and oxygen atoms in total. The molecule has 0 amide bonds. The number of hydrogen-bond acceptors (Lipinski definition) is 5. The Bertz CT molecular complexity index is 1130. The van der Waals surface area contributed by atoms with Crippen LogP contribution in [0.1, 0.15) is 18.1 Å². The van der Waals surface area contributed by atoms with Crippen molar-refractivity contribution >= 4 is 21.4 Å². The van der Waals surface area contributed by atoms with Crippen molar-refractivity contribution in [3.8, 4) is 5.75 Å².